The second-order valence-corrected chi connectivity index (χ2v) is 14.0. The molecule has 2 amide bonds. The number of imide groups is 1. The molecular weight excluding hydrogens is 752 g/mol. The molecule has 3 aliphatic heterocycles. The van der Waals surface area contributed by atoms with Gasteiger partial charge in [0.05, 0.1) is 44.2 Å². The van der Waals surface area contributed by atoms with Crippen LogP contribution in [0.15, 0.2) is 120 Å². The maximum Gasteiger partial charge on any atom is 0.262 e. The fourth-order valence-electron chi connectivity index (χ4n) is 7.47. The van der Waals surface area contributed by atoms with Gasteiger partial charge in [0.15, 0.2) is 12.6 Å². The quantitative estimate of drug-likeness (QED) is 0.0639. The fourth-order valence-corrected chi connectivity index (χ4v) is 7.47. The van der Waals surface area contributed by atoms with Crippen molar-refractivity contribution in [2.24, 2.45) is 5.11 Å². The first-order valence-corrected chi connectivity index (χ1v) is 18.7. The number of rotatable bonds is 16. The molecular formula is C42H44N4O12. The number of aliphatic hydroxyl groups excluding tert-OH is 2. The molecule has 58 heavy (non-hydrogen) atoms. The SMILES string of the molecule is CO[C@@H]1O[C@H](CO[C@@H]2O[C@H](CO)[C@@H](OCc3ccccc3)[C@H](OCc3ccccc3)[C@H]2N2C(=O)c3ccccc3C2=O)[C@H](OCc2ccccc2)[C@H](O)[C@]1(O)N=[N+]=[N-]. The first-order valence-electron chi connectivity index (χ1n) is 18.7. The average Bonchev–Trinajstić information content (AvgIpc) is 3.51. The van der Waals surface area contributed by atoms with Crippen molar-refractivity contribution in [1.82, 2.24) is 4.90 Å². The summed E-state index contributed by atoms with van der Waals surface area (Å²) < 4.78 is 43.5. The van der Waals surface area contributed by atoms with E-state index in [1.54, 1.807) is 48.5 Å². The monoisotopic (exact) mass is 796 g/mol. The zero-order valence-electron chi connectivity index (χ0n) is 31.5. The van der Waals surface area contributed by atoms with Gasteiger partial charge in [-0.05, 0) is 34.4 Å². The van der Waals surface area contributed by atoms with Crippen molar-refractivity contribution in [3.05, 3.63) is 154 Å². The summed E-state index contributed by atoms with van der Waals surface area (Å²) in [4.78, 5) is 32.2. The second kappa shape index (κ2) is 18.7. The molecule has 304 valence electrons. The van der Waals surface area contributed by atoms with E-state index < -0.39 is 86.0 Å². The molecule has 0 bridgehead atoms. The summed E-state index contributed by atoms with van der Waals surface area (Å²) in [6, 6.07) is 32.7. The molecule has 0 aromatic heterocycles. The summed E-state index contributed by atoms with van der Waals surface area (Å²) in [7, 11) is 1.19. The molecule has 2 saturated heterocycles. The summed E-state index contributed by atoms with van der Waals surface area (Å²) in [6.07, 6.45) is -10.9. The van der Waals surface area contributed by atoms with Gasteiger partial charge >= 0.3 is 0 Å². The van der Waals surface area contributed by atoms with E-state index >= 15 is 0 Å². The lowest BCUT2D eigenvalue weighted by Crippen LogP contribution is -2.68. The van der Waals surface area contributed by atoms with Crippen molar-refractivity contribution < 1.29 is 58.1 Å². The molecule has 0 spiro atoms. The van der Waals surface area contributed by atoms with Crippen LogP contribution in [-0.4, -0.2) is 113 Å². The highest BCUT2D eigenvalue weighted by molar-refractivity contribution is 6.21. The molecule has 16 nitrogen and oxygen atoms in total. The third kappa shape index (κ3) is 8.54. The van der Waals surface area contributed by atoms with Crippen LogP contribution in [0, 0.1) is 0 Å². The Morgan fingerprint density at radius 2 is 1.19 bits per heavy atom. The lowest BCUT2D eigenvalue weighted by Gasteiger charge is -2.49. The van der Waals surface area contributed by atoms with Crippen LogP contribution in [-0.2, 0) is 53.0 Å². The van der Waals surface area contributed by atoms with Gasteiger partial charge < -0.3 is 48.5 Å². The molecule has 0 saturated carbocycles. The molecule has 16 heteroatoms. The van der Waals surface area contributed by atoms with Gasteiger partial charge in [-0.25, -0.2) is 0 Å². The van der Waals surface area contributed by atoms with E-state index in [1.165, 1.54) is 7.11 Å². The predicted octanol–water partition coefficient (Wildman–Crippen LogP) is 3.87. The normalized spacial score (nSPS) is 29.5. The summed E-state index contributed by atoms with van der Waals surface area (Å²) in [5.41, 5.74) is 9.37. The molecule has 4 aromatic carbocycles. The van der Waals surface area contributed by atoms with Crippen LogP contribution >= 0.6 is 0 Å². The largest absolute Gasteiger partial charge is 0.394 e. The molecule has 0 unspecified atom stereocenters. The Morgan fingerprint density at radius 3 is 1.67 bits per heavy atom. The van der Waals surface area contributed by atoms with Crippen LogP contribution in [0.4, 0.5) is 0 Å². The number of azide groups is 1. The highest BCUT2D eigenvalue weighted by atomic mass is 16.7. The Balaban J connectivity index is 1.24. The maximum absolute atomic E-state index is 14.2. The van der Waals surface area contributed by atoms with Crippen LogP contribution in [0.1, 0.15) is 37.4 Å². The van der Waals surface area contributed by atoms with Gasteiger partial charge in [-0.1, -0.05) is 108 Å². The van der Waals surface area contributed by atoms with Gasteiger partial charge in [0.1, 0.15) is 42.7 Å². The van der Waals surface area contributed by atoms with Gasteiger partial charge in [0, 0.05) is 12.0 Å². The molecule has 3 heterocycles. The average molecular weight is 797 g/mol. The van der Waals surface area contributed by atoms with Crippen molar-refractivity contribution in [1.29, 1.82) is 0 Å². The second-order valence-electron chi connectivity index (χ2n) is 14.0. The highest BCUT2D eigenvalue weighted by Gasteiger charge is 2.58. The van der Waals surface area contributed by atoms with Crippen molar-refractivity contribution >= 4 is 11.8 Å². The van der Waals surface area contributed by atoms with E-state index in [0.29, 0.717) is 0 Å². The van der Waals surface area contributed by atoms with E-state index in [-0.39, 0.29) is 30.9 Å². The van der Waals surface area contributed by atoms with Crippen LogP contribution in [0.5, 0.6) is 0 Å². The Kier molecular flexibility index (Phi) is 13.2. The third-order valence-electron chi connectivity index (χ3n) is 10.4. The molecule has 3 N–H and O–H groups in total. The van der Waals surface area contributed by atoms with E-state index in [1.807, 2.05) is 66.7 Å². The zero-order valence-corrected chi connectivity index (χ0v) is 31.5. The lowest BCUT2D eigenvalue weighted by atomic mass is 9.93. The number of methoxy groups -OCH3 is 1. The smallest absolute Gasteiger partial charge is 0.262 e. The first kappa shape index (κ1) is 41.1. The van der Waals surface area contributed by atoms with Gasteiger partial charge in [0.2, 0.25) is 5.72 Å². The summed E-state index contributed by atoms with van der Waals surface area (Å²) in [5.74, 6) is -1.24. The maximum atomic E-state index is 14.2. The van der Waals surface area contributed by atoms with Crippen LogP contribution < -0.4 is 0 Å². The standard InChI is InChI=1S/C42H44N4O12/c1-52-41-42(51,44-45-43)37(48)35(54-23-27-15-7-3-8-16-27)32(58-41)25-56-40-33(46-38(49)29-19-11-12-20-30(29)39(46)50)36(55-24-28-17-9-4-10-18-28)34(31(21-47)57-40)53-22-26-13-5-2-6-14-26/h2-20,31-37,40-41,47-48,51H,21-25H2,1H3/t31-,32-,33-,34-,35+,36-,37+,40-,41-,42-/m1/s1. The summed E-state index contributed by atoms with van der Waals surface area (Å²) in [5, 5.41) is 37.1. The van der Waals surface area contributed by atoms with Crippen LogP contribution in [0.2, 0.25) is 0 Å². The minimum absolute atomic E-state index is 0.0298. The lowest BCUT2D eigenvalue weighted by molar-refractivity contribution is -0.352. The number of carbonyl (C=O) groups is 2. The third-order valence-corrected chi connectivity index (χ3v) is 10.4. The van der Waals surface area contributed by atoms with Gasteiger partial charge in [-0.15, -0.1) is 0 Å². The van der Waals surface area contributed by atoms with E-state index in [4.69, 9.17) is 33.2 Å². The number of carbonyl (C=O) groups excluding carboxylic acids is 2. The van der Waals surface area contributed by atoms with Crippen LogP contribution in [0.25, 0.3) is 10.4 Å². The van der Waals surface area contributed by atoms with E-state index in [9.17, 15) is 30.4 Å². The minimum Gasteiger partial charge on any atom is -0.394 e. The van der Waals surface area contributed by atoms with Crippen molar-refractivity contribution in [2.75, 3.05) is 20.3 Å². The van der Waals surface area contributed by atoms with E-state index in [2.05, 4.69) is 10.0 Å². The summed E-state index contributed by atoms with van der Waals surface area (Å²) >= 11 is 0. The molecule has 0 radical (unpaired) electrons. The molecule has 10 atom stereocenters. The van der Waals surface area contributed by atoms with Gasteiger partial charge in [0.25, 0.3) is 11.8 Å². The number of fused-ring (bicyclic) bond motifs is 1. The number of nitrogens with zero attached hydrogens (tertiary/aromatic N) is 4. The number of amides is 2. The topological polar surface area (TPSA) is 211 Å². The number of benzene rings is 4. The summed E-state index contributed by atoms with van der Waals surface area (Å²) in [6.45, 7) is -0.954. The van der Waals surface area contributed by atoms with Crippen molar-refractivity contribution in [2.45, 2.75) is 80.8 Å². The number of hydrogen-bond acceptors (Lipinski definition) is 13. The Bertz CT molecular complexity index is 2010. The number of hydrogen-bond donors (Lipinski definition) is 3. The first-order chi connectivity index (χ1) is 28.3. The minimum atomic E-state index is -2.60. The Hall–Kier alpha value is -5.07. The van der Waals surface area contributed by atoms with E-state index in [0.717, 1.165) is 21.6 Å². The number of ether oxygens (including phenoxy) is 7. The highest BCUT2D eigenvalue weighted by Crippen LogP contribution is 2.38. The van der Waals surface area contributed by atoms with Crippen LogP contribution in [0.3, 0.4) is 0 Å². The Labute approximate surface area is 334 Å². The zero-order chi connectivity index (χ0) is 40.6. The van der Waals surface area contributed by atoms with Crippen molar-refractivity contribution in [3.8, 4) is 0 Å². The number of aliphatic hydroxyl groups is 3. The predicted molar refractivity (Wildman–Crippen MR) is 203 cm³/mol. The fraction of sp³-hybridized carbons (Fsp3) is 0.381. The van der Waals surface area contributed by atoms with Gasteiger partial charge in [-0.3, -0.25) is 14.5 Å². The molecule has 7 rings (SSSR count). The molecule has 0 aliphatic carbocycles. The van der Waals surface area contributed by atoms with Gasteiger partial charge in [-0.2, -0.15) is 0 Å². The molecule has 4 aromatic rings. The Morgan fingerprint density at radius 1 is 0.707 bits per heavy atom. The molecule has 3 aliphatic rings. The van der Waals surface area contributed by atoms with Crippen molar-refractivity contribution in [3.63, 3.8) is 0 Å². The molecule has 2 fully saturated rings.